The number of aromatic amines is 1. The molecule has 0 spiro atoms. The second-order valence-corrected chi connectivity index (χ2v) is 5.48. The highest BCUT2D eigenvalue weighted by Crippen LogP contribution is 2.06. The van der Waals surface area contributed by atoms with Crippen LogP contribution in [0.4, 0.5) is 5.95 Å². The molecule has 8 nitrogen and oxygen atoms in total. The number of sulfonamides is 1. The van der Waals surface area contributed by atoms with Crippen LogP contribution in [0.3, 0.4) is 0 Å². The van der Waals surface area contributed by atoms with Gasteiger partial charge < -0.3 is 10.3 Å². The Morgan fingerprint density at radius 1 is 1.26 bits per heavy atom. The Morgan fingerprint density at radius 3 is 2.58 bits per heavy atom. The van der Waals surface area contributed by atoms with E-state index in [0.29, 0.717) is 12.4 Å². The highest BCUT2D eigenvalue weighted by Gasteiger charge is 2.14. The Morgan fingerprint density at radius 2 is 2.00 bits per heavy atom. The molecule has 0 aromatic carbocycles. The molecule has 0 aliphatic heterocycles. The maximum absolute atomic E-state index is 11.9. The Balaban J connectivity index is 1.97. The van der Waals surface area contributed by atoms with Crippen LogP contribution in [0.25, 0.3) is 0 Å². The van der Waals surface area contributed by atoms with Gasteiger partial charge >= 0.3 is 0 Å². The normalized spacial score (nSPS) is 11.4. The van der Waals surface area contributed by atoms with Crippen LogP contribution in [0.1, 0.15) is 5.69 Å². The molecule has 0 atom stereocenters. The summed E-state index contributed by atoms with van der Waals surface area (Å²) in [5.74, 6) is 0.372. The van der Waals surface area contributed by atoms with Crippen molar-refractivity contribution >= 4 is 16.0 Å². The highest BCUT2D eigenvalue weighted by molar-refractivity contribution is 7.89. The minimum absolute atomic E-state index is 0.0381. The summed E-state index contributed by atoms with van der Waals surface area (Å²) in [5.41, 5.74) is 0.865. The molecule has 2 rings (SSSR count). The van der Waals surface area contributed by atoms with Gasteiger partial charge in [-0.3, -0.25) is 0 Å². The van der Waals surface area contributed by atoms with Crippen LogP contribution in [0, 0.1) is 0 Å². The molecule has 2 aromatic rings. The number of anilines is 1. The first kappa shape index (κ1) is 13.4. The summed E-state index contributed by atoms with van der Waals surface area (Å²) < 4.78 is 26.3. The van der Waals surface area contributed by atoms with E-state index in [1.165, 1.54) is 12.4 Å². The number of hydrogen-bond acceptors (Lipinski definition) is 6. The van der Waals surface area contributed by atoms with Crippen molar-refractivity contribution in [2.75, 3.05) is 18.9 Å². The first-order valence-electron chi connectivity index (χ1n) is 5.58. The maximum atomic E-state index is 11.9. The third-order valence-electron chi connectivity index (χ3n) is 2.40. The van der Waals surface area contributed by atoms with Crippen LogP contribution in [-0.2, 0) is 16.4 Å². The van der Waals surface area contributed by atoms with Crippen LogP contribution >= 0.6 is 0 Å². The van der Waals surface area contributed by atoms with Crippen LogP contribution in [0.2, 0.25) is 0 Å². The molecule has 0 fully saturated rings. The summed E-state index contributed by atoms with van der Waals surface area (Å²) in [6, 6.07) is 0. The van der Waals surface area contributed by atoms with Crippen molar-refractivity contribution in [1.82, 2.24) is 24.7 Å². The molecular formula is C10H14N6O2S. The Labute approximate surface area is 110 Å². The summed E-state index contributed by atoms with van der Waals surface area (Å²) >= 11 is 0. The van der Waals surface area contributed by atoms with Gasteiger partial charge in [0.05, 0.1) is 18.7 Å². The van der Waals surface area contributed by atoms with Gasteiger partial charge in [0.2, 0.25) is 16.0 Å². The van der Waals surface area contributed by atoms with Gasteiger partial charge in [-0.15, -0.1) is 0 Å². The zero-order chi connectivity index (χ0) is 13.7. The number of hydrogen-bond donors (Lipinski definition) is 3. The lowest BCUT2D eigenvalue weighted by Gasteiger charge is -2.06. The molecule has 0 aliphatic rings. The Hall–Kier alpha value is -2.00. The van der Waals surface area contributed by atoms with Gasteiger partial charge in [-0.1, -0.05) is 0 Å². The standard InChI is InChI=1S/C10H14N6O2S/c1-11-10-13-5-9(6-14-10)19(17,18)16-3-2-8-4-12-7-15-8/h4-7,16H,2-3H2,1H3,(H,12,15)(H,11,13,14). The van der Waals surface area contributed by atoms with Crippen LogP contribution in [-0.4, -0.2) is 41.9 Å². The molecule has 102 valence electrons. The van der Waals surface area contributed by atoms with E-state index >= 15 is 0 Å². The largest absolute Gasteiger partial charge is 0.357 e. The lowest BCUT2D eigenvalue weighted by Crippen LogP contribution is -2.26. The zero-order valence-corrected chi connectivity index (χ0v) is 11.1. The molecule has 0 radical (unpaired) electrons. The third kappa shape index (κ3) is 3.48. The molecule has 0 amide bonds. The maximum Gasteiger partial charge on any atom is 0.243 e. The molecule has 0 saturated heterocycles. The predicted octanol–water partition coefficient (Wildman–Crippen LogP) is -0.238. The molecule has 0 unspecified atom stereocenters. The van der Waals surface area contributed by atoms with E-state index in [1.54, 1.807) is 19.6 Å². The van der Waals surface area contributed by atoms with E-state index in [-0.39, 0.29) is 11.4 Å². The minimum Gasteiger partial charge on any atom is -0.357 e. The average Bonchev–Trinajstić information content (AvgIpc) is 2.92. The first-order chi connectivity index (χ1) is 9.12. The van der Waals surface area contributed by atoms with Gasteiger partial charge in [-0.05, 0) is 0 Å². The molecular weight excluding hydrogens is 268 g/mol. The molecule has 0 bridgehead atoms. The fraction of sp³-hybridized carbons (Fsp3) is 0.300. The smallest absolute Gasteiger partial charge is 0.243 e. The van der Waals surface area contributed by atoms with Crippen LogP contribution < -0.4 is 10.0 Å². The number of aromatic nitrogens is 4. The fourth-order valence-corrected chi connectivity index (χ4v) is 2.33. The van der Waals surface area contributed by atoms with Gasteiger partial charge in [0, 0.05) is 31.9 Å². The SMILES string of the molecule is CNc1ncc(S(=O)(=O)NCCc2cnc[nH]2)cn1. The highest BCUT2D eigenvalue weighted by atomic mass is 32.2. The fourth-order valence-electron chi connectivity index (χ4n) is 1.41. The third-order valence-corrected chi connectivity index (χ3v) is 3.82. The lowest BCUT2D eigenvalue weighted by molar-refractivity contribution is 0.580. The van der Waals surface area contributed by atoms with Crippen molar-refractivity contribution in [2.24, 2.45) is 0 Å². The summed E-state index contributed by atoms with van der Waals surface area (Å²) in [6.07, 6.45) is 6.26. The predicted molar refractivity (Wildman–Crippen MR) is 69.1 cm³/mol. The second kappa shape index (κ2) is 5.76. The van der Waals surface area contributed by atoms with Gasteiger partial charge in [0.25, 0.3) is 0 Å². The van der Waals surface area contributed by atoms with Gasteiger partial charge in [0.1, 0.15) is 4.90 Å². The number of imidazole rings is 1. The quantitative estimate of drug-likeness (QED) is 0.674. The lowest BCUT2D eigenvalue weighted by atomic mass is 10.3. The Bertz CT molecular complexity index is 608. The number of H-pyrrole nitrogens is 1. The van der Waals surface area contributed by atoms with E-state index < -0.39 is 10.0 Å². The van der Waals surface area contributed by atoms with Crippen LogP contribution in [0.5, 0.6) is 0 Å². The monoisotopic (exact) mass is 282 g/mol. The summed E-state index contributed by atoms with van der Waals surface area (Å²) in [4.78, 5) is 14.5. The van der Waals surface area contributed by atoms with Crippen molar-refractivity contribution in [3.63, 3.8) is 0 Å². The molecule has 19 heavy (non-hydrogen) atoms. The van der Waals surface area contributed by atoms with Crippen molar-refractivity contribution < 1.29 is 8.42 Å². The van der Waals surface area contributed by atoms with Gasteiger partial charge in [-0.2, -0.15) is 0 Å². The van der Waals surface area contributed by atoms with Crippen LogP contribution in [0.15, 0.2) is 29.8 Å². The molecule has 0 aliphatic carbocycles. The van der Waals surface area contributed by atoms with E-state index in [0.717, 1.165) is 5.69 Å². The molecule has 2 aromatic heterocycles. The number of rotatable bonds is 6. The van der Waals surface area contributed by atoms with Gasteiger partial charge in [0.15, 0.2) is 0 Å². The van der Waals surface area contributed by atoms with Crippen molar-refractivity contribution in [3.8, 4) is 0 Å². The molecule has 9 heteroatoms. The number of nitrogens with one attached hydrogen (secondary N) is 3. The van der Waals surface area contributed by atoms with Crippen molar-refractivity contribution in [1.29, 1.82) is 0 Å². The minimum atomic E-state index is -3.58. The Kier molecular flexibility index (Phi) is 4.07. The second-order valence-electron chi connectivity index (χ2n) is 3.72. The topological polar surface area (TPSA) is 113 Å². The summed E-state index contributed by atoms with van der Waals surface area (Å²) in [5, 5.41) is 2.72. The average molecular weight is 282 g/mol. The summed E-state index contributed by atoms with van der Waals surface area (Å²) in [6.45, 7) is 0.276. The summed E-state index contributed by atoms with van der Waals surface area (Å²) in [7, 11) is -1.92. The van der Waals surface area contributed by atoms with E-state index in [1.807, 2.05) is 0 Å². The molecule has 0 saturated carbocycles. The molecule has 2 heterocycles. The van der Waals surface area contributed by atoms with Crippen molar-refractivity contribution in [3.05, 3.63) is 30.6 Å². The first-order valence-corrected chi connectivity index (χ1v) is 7.07. The van der Waals surface area contributed by atoms with E-state index in [9.17, 15) is 8.42 Å². The molecule has 3 N–H and O–H groups in total. The van der Waals surface area contributed by atoms with Crippen molar-refractivity contribution in [2.45, 2.75) is 11.3 Å². The van der Waals surface area contributed by atoms with Gasteiger partial charge in [-0.25, -0.2) is 28.1 Å². The zero-order valence-electron chi connectivity index (χ0n) is 10.3. The number of nitrogens with zero attached hydrogens (tertiary/aromatic N) is 3. The van der Waals surface area contributed by atoms with E-state index in [2.05, 4.69) is 30.0 Å². The van der Waals surface area contributed by atoms with E-state index in [4.69, 9.17) is 0 Å².